The molecule has 0 bridgehead atoms. The van der Waals surface area contributed by atoms with E-state index in [-0.39, 0.29) is 6.04 Å². The molecule has 2 unspecified atom stereocenters. The maximum atomic E-state index is 13.5. The molecule has 1 rings (SSSR count). The van der Waals surface area contributed by atoms with Crippen LogP contribution >= 0.6 is 0 Å². The van der Waals surface area contributed by atoms with E-state index in [9.17, 15) is 9.18 Å². The van der Waals surface area contributed by atoms with E-state index in [1.807, 2.05) is 6.92 Å². The van der Waals surface area contributed by atoms with Crippen LogP contribution in [-0.2, 0) is 11.2 Å². The number of carbonyl (C=O) groups is 1. The lowest BCUT2D eigenvalue weighted by atomic mass is 10.0. The lowest BCUT2D eigenvalue weighted by molar-refractivity contribution is -0.124. The molecule has 106 valence electrons. The van der Waals surface area contributed by atoms with Gasteiger partial charge in [0.25, 0.3) is 5.91 Å². The highest BCUT2D eigenvalue weighted by Gasteiger charge is 2.15. The van der Waals surface area contributed by atoms with Gasteiger partial charge in [0.1, 0.15) is 11.6 Å². The van der Waals surface area contributed by atoms with Gasteiger partial charge in [0, 0.05) is 12.1 Å². The van der Waals surface area contributed by atoms with E-state index >= 15 is 0 Å². The summed E-state index contributed by atoms with van der Waals surface area (Å²) < 4.78 is 18.9. The van der Waals surface area contributed by atoms with Crippen LogP contribution < -0.4 is 16.2 Å². The summed E-state index contributed by atoms with van der Waals surface area (Å²) in [6.45, 7) is 3.75. The molecule has 0 saturated carbocycles. The fraction of sp³-hybridized carbons (Fsp3) is 0.500. The summed E-state index contributed by atoms with van der Waals surface area (Å²) in [6.07, 6.45) is 1.08. The summed E-state index contributed by atoms with van der Waals surface area (Å²) in [5, 5.41) is 0. The molecule has 4 nitrogen and oxygen atoms in total. The quantitative estimate of drug-likeness (QED) is 0.790. The minimum absolute atomic E-state index is 0.0206. The van der Waals surface area contributed by atoms with Gasteiger partial charge < -0.3 is 16.2 Å². The molecule has 0 fully saturated rings. The molecule has 0 aliphatic heterocycles. The third-order valence-corrected chi connectivity index (χ3v) is 2.92. The molecule has 19 heavy (non-hydrogen) atoms. The van der Waals surface area contributed by atoms with Crippen molar-refractivity contribution < 1.29 is 13.9 Å². The smallest absolute Gasteiger partial charge is 0.258 e. The molecule has 4 N–H and O–H groups in total. The topological polar surface area (TPSA) is 78.3 Å². The Labute approximate surface area is 112 Å². The zero-order valence-electron chi connectivity index (χ0n) is 11.4. The van der Waals surface area contributed by atoms with Gasteiger partial charge in [-0.15, -0.1) is 0 Å². The lowest BCUT2D eigenvalue weighted by Crippen LogP contribution is -2.33. The molecule has 0 aliphatic rings. The summed E-state index contributed by atoms with van der Waals surface area (Å²) in [7, 11) is 0. The fourth-order valence-corrected chi connectivity index (χ4v) is 1.76. The highest BCUT2D eigenvalue weighted by atomic mass is 19.1. The Morgan fingerprint density at radius 3 is 2.53 bits per heavy atom. The molecule has 1 aromatic carbocycles. The predicted molar refractivity (Wildman–Crippen MR) is 72.3 cm³/mol. The van der Waals surface area contributed by atoms with Crippen molar-refractivity contribution in [2.24, 2.45) is 11.5 Å². The van der Waals surface area contributed by atoms with Gasteiger partial charge in [-0.2, -0.15) is 0 Å². The molecule has 2 atom stereocenters. The molecule has 0 heterocycles. The lowest BCUT2D eigenvalue weighted by Gasteiger charge is -2.16. The summed E-state index contributed by atoms with van der Waals surface area (Å²) in [5.41, 5.74) is 11.8. The number of primary amides is 1. The van der Waals surface area contributed by atoms with Crippen LogP contribution in [0.15, 0.2) is 18.2 Å². The van der Waals surface area contributed by atoms with Crippen molar-refractivity contribution in [1.82, 2.24) is 0 Å². The van der Waals surface area contributed by atoms with Gasteiger partial charge in [0.2, 0.25) is 0 Å². The summed E-state index contributed by atoms with van der Waals surface area (Å²) in [5.74, 6) is -0.655. The third-order valence-electron chi connectivity index (χ3n) is 2.92. The SMILES string of the molecule is CCC(N)Cc1cc(F)cc(OC(CC)C(N)=O)c1. The monoisotopic (exact) mass is 268 g/mol. The Morgan fingerprint density at radius 2 is 2.00 bits per heavy atom. The van der Waals surface area contributed by atoms with Crippen LogP contribution in [0.25, 0.3) is 0 Å². The Bertz CT molecular complexity index is 437. The molecule has 0 aromatic heterocycles. The molecule has 5 heteroatoms. The minimum atomic E-state index is -0.741. The molecule has 0 radical (unpaired) electrons. The standard InChI is InChI=1S/C14H21FN2O2/c1-3-11(16)6-9-5-10(15)8-12(7-9)19-13(4-2)14(17)18/h5,7-8,11,13H,3-4,6,16H2,1-2H3,(H2,17,18). The second kappa shape index (κ2) is 7.09. The van der Waals surface area contributed by atoms with Crippen LogP contribution in [0.5, 0.6) is 5.75 Å². The van der Waals surface area contributed by atoms with Crippen molar-refractivity contribution in [2.75, 3.05) is 0 Å². The first-order valence-electron chi connectivity index (χ1n) is 6.47. The molecule has 0 aliphatic carbocycles. The number of rotatable bonds is 7. The fourth-order valence-electron chi connectivity index (χ4n) is 1.76. The second-order valence-corrected chi connectivity index (χ2v) is 4.58. The number of nitrogens with two attached hydrogens (primary N) is 2. The highest BCUT2D eigenvalue weighted by Crippen LogP contribution is 2.19. The number of hydrogen-bond acceptors (Lipinski definition) is 3. The van der Waals surface area contributed by atoms with Crippen molar-refractivity contribution >= 4 is 5.91 Å². The molecule has 1 amide bonds. The van der Waals surface area contributed by atoms with Crippen LogP contribution in [0.4, 0.5) is 4.39 Å². The molecule has 1 aromatic rings. The van der Waals surface area contributed by atoms with Crippen molar-refractivity contribution in [2.45, 2.75) is 45.3 Å². The number of amides is 1. The van der Waals surface area contributed by atoms with E-state index in [2.05, 4.69) is 0 Å². The van der Waals surface area contributed by atoms with Gasteiger partial charge in [-0.3, -0.25) is 4.79 Å². The van der Waals surface area contributed by atoms with Gasteiger partial charge >= 0.3 is 0 Å². The Hall–Kier alpha value is -1.62. The van der Waals surface area contributed by atoms with Gasteiger partial charge in [-0.05, 0) is 37.0 Å². The second-order valence-electron chi connectivity index (χ2n) is 4.58. The van der Waals surface area contributed by atoms with Crippen molar-refractivity contribution in [1.29, 1.82) is 0 Å². The maximum Gasteiger partial charge on any atom is 0.258 e. The third kappa shape index (κ3) is 4.87. The predicted octanol–water partition coefficient (Wildman–Crippen LogP) is 1.75. The van der Waals surface area contributed by atoms with E-state index in [4.69, 9.17) is 16.2 Å². The van der Waals surface area contributed by atoms with Crippen molar-refractivity contribution in [3.05, 3.63) is 29.6 Å². The molecule has 0 saturated heterocycles. The molecular formula is C14H21FN2O2. The van der Waals surface area contributed by atoms with E-state index in [0.29, 0.717) is 18.6 Å². The van der Waals surface area contributed by atoms with Crippen LogP contribution in [-0.4, -0.2) is 18.1 Å². The van der Waals surface area contributed by atoms with E-state index in [0.717, 1.165) is 12.0 Å². The number of ether oxygens (including phenoxy) is 1. The first kappa shape index (κ1) is 15.4. The highest BCUT2D eigenvalue weighted by molar-refractivity contribution is 5.79. The average molecular weight is 268 g/mol. The normalized spacial score (nSPS) is 13.9. The Kier molecular flexibility index (Phi) is 5.76. The van der Waals surface area contributed by atoms with Gasteiger partial charge in [0.15, 0.2) is 6.10 Å². The van der Waals surface area contributed by atoms with Crippen LogP contribution in [0.1, 0.15) is 32.3 Å². The minimum Gasteiger partial charge on any atom is -0.481 e. The maximum absolute atomic E-state index is 13.5. The summed E-state index contributed by atoms with van der Waals surface area (Å²) in [4.78, 5) is 11.1. The van der Waals surface area contributed by atoms with Crippen molar-refractivity contribution in [3.8, 4) is 5.75 Å². The Morgan fingerprint density at radius 1 is 1.32 bits per heavy atom. The zero-order valence-corrected chi connectivity index (χ0v) is 11.4. The van der Waals surface area contributed by atoms with Crippen LogP contribution in [0.2, 0.25) is 0 Å². The number of halogens is 1. The van der Waals surface area contributed by atoms with Crippen molar-refractivity contribution in [3.63, 3.8) is 0 Å². The first-order valence-corrected chi connectivity index (χ1v) is 6.47. The zero-order chi connectivity index (χ0) is 14.4. The van der Waals surface area contributed by atoms with E-state index < -0.39 is 17.8 Å². The van der Waals surface area contributed by atoms with E-state index in [1.165, 1.54) is 12.1 Å². The molecule has 0 spiro atoms. The summed E-state index contributed by atoms with van der Waals surface area (Å²) >= 11 is 0. The average Bonchev–Trinajstić information content (AvgIpc) is 2.34. The molecular weight excluding hydrogens is 247 g/mol. The van der Waals surface area contributed by atoms with E-state index in [1.54, 1.807) is 13.0 Å². The van der Waals surface area contributed by atoms with Gasteiger partial charge in [0.05, 0.1) is 0 Å². The number of carbonyl (C=O) groups excluding carboxylic acids is 1. The Balaban J connectivity index is 2.86. The first-order chi connectivity index (χ1) is 8.96. The summed E-state index contributed by atoms with van der Waals surface area (Å²) in [6, 6.07) is 4.34. The van der Waals surface area contributed by atoms with Crippen LogP contribution in [0.3, 0.4) is 0 Å². The van der Waals surface area contributed by atoms with Crippen LogP contribution in [0, 0.1) is 5.82 Å². The van der Waals surface area contributed by atoms with Gasteiger partial charge in [-0.25, -0.2) is 4.39 Å². The van der Waals surface area contributed by atoms with Gasteiger partial charge in [-0.1, -0.05) is 13.8 Å². The number of benzene rings is 1. The largest absolute Gasteiger partial charge is 0.481 e. The number of hydrogen-bond donors (Lipinski definition) is 2.